The summed E-state index contributed by atoms with van der Waals surface area (Å²) in [6.45, 7) is 3.12. The molecule has 2 atom stereocenters. The van der Waals surface area contributed by atoms with Crippen LogP contribution in [0.4, 0.5) is 0 Å². The minimum atomic E-state index is -0.330. The average molecular weight is 273 g/mol. The fraction of sp³-hybridized carbons (Fsp3) is 0.923. The highest BCUT2D eigenvalue weighted by Crippen LogP contribution is 2.16. The maximum atomic E-state index is 12.1. The van der Waals surface area contributed by atoms with Gasteiger partial charge in [0.2, 0.25) is 5.91 Å². The third-order valence-electron chi connectivity index (χ3n) is 3.58. The van der Waals surface area contributed by atoms with Crippen LogP contribution in [0.1, 0.15) is 19.3 Å². The van der Waals surface area contributed by atoms with Gasteiger partial charge in [-0.25, -0.2) is 0 Å². The number of likely N-dealkylation sites (tertiary alicyclic amines) is 1. The summed E-state index contributed by atoms with van der Waals surface area (Å²) in [6, 6.07) is -0.330. The second-order valence-corrected chi connectivity index (χ2v) is 6.36. The molecule has 0 saturated carbocycles. The number of nitrogens with zero attached hydrogens (tertiary/aromatic N) is 2. The second kappa shape index (κ2) is 8.02. The van der Waals surface area contributed by atoms with Crippen molar-refractivity contribution < 1.29 is 4.79 Å². The molecule has 106 valence electrons. The zero-order valence-electron chi connectivity index (χ0n) is 11.9. The van der Waals surface area contributed by atoms with Crippen molar-refractivity contribution in [3.05, 3.63) is 0 Å². The van der Waals surface area contributed by atoms with E-state index >= 15 is 0 Å². The summed E-state index contributed by atoms with van der Waals surface area (Å²) in [6.07, 6.45) is 5.28. The second-order valence-electron chi connectivity index (χ2n) is 5.38. The smallest absolute Gasteiger partial charge is 0.239 e. The number of likely N-dealkylation sites (N-methyl/N-ethyl adjacent to an activating group) is 1. The van der Waals surface area contributed by atoms with E-state index in [2.05, 4.69) is 11.9 Å². The molecule has 1 amide bonds. The number of nitrogens with two attached hydrogens (primary N) is 1. The highest BCUT2D eigenvalue weighted by molar-refractivity contribution is 7.98. The van der Waals surface area contributed by atoms with E-state index in [-0.39, 0.29) is 11.9 Å². The Morgan fingerprint density at radius 1 is 1.61 bits per heavy atom. The fourth-order valence-corrected chi connectivity index (χ4v) is 3.04. The Balaban J connectivity index is 2.34. The van der Waals surface area contributed by atoms with Gasteiger partial charge in [0.15, 0.2) is 0 Å². The Labute approximate surface area is 115 Å². The van der Waals surface area contributed by atoms with Crippen LogP contribution in [-0.2, 0) is 4.79 Å². The van der Waals surface area contributed by atoms with Gasteiger partial charge in [0, 0.05) is 20.1 Å². The molecule has 1 unspecified atom stereocenters. The third kappa shape index (κ3) is 5.16. The van der Waals surface area contributed by atoms with E-state index in [4.69, 9.17) is 5.73 Å². The number of hydrogen-bond donors (Lipinski definition) is 1. The molecule has 1 aliphatic heterocycles. The summed E-state index contributed by atoms with van der Waals surface area (Å²) in [7, 11) is 4.04. The van der Waals surface area contributed by atoms with Gasteiger partial charge in [-0.3, -0.25) is 4.79 Å². The van der Waals surface area contributed by atoms with Gasteiger partial charge in [0.1, 0.15) is 0 Å². The first-order chi connectivity index (χ1) is 8.54. The summed E-state index contributed by atoms with van der Waals surface area (Å²) in [5, 5.41) is 0. The molecular formula is C13H27N3OS. The Kier molecular flexibility index (Phi) is 7.04. The molecule has 0 aromatic carbocycles. The minimum absolute atomic E-state index is 0.0947. The van der Waals surface area contributed by atoms with Gasteiger partial charge in [-0.2, -0.15) is 11.8 Å². The molecule has 0 spiro atoms. The highest BCUT2D eigenvalue weighted by atomic mass is 32.2. The van der Waals surface area contributed by atoms with Gasteiger partial charge in [-0.1, -0.05) is 0 Å². The average Bonchev–Trinajstić information content (AvgIpc) is 2.35. The van der Waals surface area contributed by atoms with Crippen LogP contribution < -0.4 is 5.73 Å². The summed E-state index contributed by atoms with van der Waals surface area (Å²) < 4.78 is 0. The molecule has 2 N–H and O–H groups in total. The van der Waals surface area contributed by atoms with Crippen LogP contribution >= 0.6 is 11.8 Å². The molecule has 18 heavy (non-hydrogen) atoms. The molecule has 1 aliphatic rings. The van der Waals surface area contributed by atoms with Crippen LogP contribution in [0.15, 0.2) is 0 Å². The van der Waals surface area contributed by atoms with Crippen LogP contribution in [0.5, 0.6) is 0 Å². The molecule has 1 saturated heterocycles. The van der Waals surface area contributed by atoms with Gasteiger partial charge in [-0.15, -0.1) is 0 Å². The zero-order valence-corrected chi connectivity index (χ0v) is 12.7. The van der Waals surface area contributed by atoms with Crippen molar-refractivity contribution in [3.8, 4) is 0 Å². The number of carbonyl (C=O) groups is 1. The molecule has 4 nitrogen and oxygen atoms in total. The largest absolute Gasteiger partial charge is 0.344 e. The summed E-state index contributed by atoms with van der Waals surface area (Å²) >= 11 is 1.74. The molecule has 5 heteroatoms. The molecule has 0 bridgehead atoms. The van der Waals surface area contributed by atoms with Gasteiger partial charge in [0.25, 0.3) is 0 Å². The van der Waals surface area contributed by atoms with Crippen molar-refractivity contribution in [1.82, 2.24) is 9.80 Å². The van der Waals surface area contributed by atoms with Crippen molar-refractivity contribution in [2.75, 3.05) is 45.7 Å². The van der Waals surface area contributed by atoms with Crippen LogP contribution in [-0.4, -0.2) is 67.5 Å². The predicted molar refractivity (Wildman–Crippen MR) is 78.8 cm³/mol. The van der Waals surface area contributed by atoms with Crippen LogP contribution in [0.2, 0.25) is 0 Å². The molecule has 0 radical (unpaired) electrons. The van der Waals surface area contributed by atoms with Gasteiger partial charge in [-0.05, 0) is 50.8 Å². The number of carbonyl (C=O) groups excluding carboxylic acids is 1. The van der Waals surface area contributed by atoms with E-state index in [9.17, 15) is 4.79 Å². The standard InChI is InChI=1S/C13H27N3OS/c1-15-7-4-5-11(9-15)10-16(2)13(17)12(14)6-8-18-3/h11-12H,4-10,14H2,1-3H3/t11?,12-/m0/s1. The quantitative estimate of drug-likeness (QED) is 0.780. The van der Waals surface area contributed by atoms with Crippen molar-refractivity contribution in [2.24, 2.45) is 11.7 Å². The number of rotatable bonds is 6. The first kappa shape index (κ1) is 15.8. The van der Waals surface area contributed by atoms with Gasteiger partial charge < -0.3 is 15.5 Å². The predicted octanol–water partition coefficient (Wildman–Crippen LogP) is 0.867. The highest BCUT2D eigenvalue weighted by Gasteiger charge is 2.23. The maximum Gasteiger partial charge on any atom is 0.239 e. The van der Waals surface area contributed by atoms with E-state index in [1.54, 1.807) is 11.8 Å². The number of hydrogen-bond acceptors (Lipinski definition) is 4. The van der Waals surface area contributed by atoms with E-state index in [1.165, 1.54) is 19.4 Å². The fourth-order valence-electron chi connectivity index (χ4n) is 2.55. The Morgan fingerprint density at radius 2 is 2.33 bits per heavy atom. The lowest BCUT2D eigenvalue weighted by Gasteiger charge is -2.33. The molecule has 0 aliphatic carbocycles. The van der Waals surface area contributed by atoms with E-state index < -0.39 is 0 Å². The molecular weight excluding hydrogens is 246 g/mol. The number of piperidine rings is 1. The molecule has 1 heterocycles. The topological polar surface area (TPSA) is 49.6 Å². The SMILES string of the molecule is CSCC[C@H](N)C(=O)N(C)CC1CCCN(C)C1. The van der Waals surface area contributed by atoms with E-state index in [0.29, 0.717) is 5.92 Å². The van der Waals surface area contributed by atoms with Crippen LogP contribution in [0, 0.1) is 5.92 Å². The lowest BCUT2D eigenvalue weighted by atomic mass is 9.98. The Bertz CT molecular complexity index is 263. The van der Waals surface area contributed by atoms with Crippen molar-refractivity contribution in [3.63, 3.8) is 0 Å². The van der Waals surface area contributed by atoms with Crippen molar-refractivity contribution >= 4 is 17.7 Å². The van der Waals surface area contributed by atoms with E-state index in [1.807, 2.05) is 18.2 Å². The third-order valence-corrected chi connectivity index (χ3v) is 4.22. The summed E-state index contributed by atoms with van der Waals surface area (Å²) in [5.41, 5.74) is 5.92. The molecule has 0 aromatic heterocycles. The van der Waals surface area contributed by atoms with Gasteiger partial charge >= 0.3 is 0 Å². The molecule has 1 rings (SSSR count). The summed E-state index contributed by atoms with van der Waals surface area (Å²) in [4.78, 5) is 16.3. The maximum absolute atomic E-state index is 12.1. The first-order valence-electron chi connectivity index (χ1n) is 6.72. The summed E-state index contributed by atoms with van der Waals surface area (Å²) in [5.74, 6) is 1.65. The zero-order chi connectivity index (χ0) is 13.5. The lowest BCUT2D eigenvalue weighted by molar-refractivity contribution is -0.132. The van der Waals surface area contributed by atoms with Crippen LogP contribution in [0.3, 0.4) is 0 Å². The normalized spacial score (nSPS) is 22.8. The van der Waals surface area contributed by atoms with Crippen LogP contribution in [0.25, 0.3) is 0 Å². The lowest BCUT2D eigenvalue weighted by Crippen LogP contribution is -2.46. The molecule has 1 fully saturated rings. The Hall–Kier alpha value is -0.260. The van der Waals surface area contributed by atoms with Gasteiger partial charge in [0.05, 0.1) is 6.04 Å². The van der Waals surface area contributed by atoms with Crippen molar-refractivity contribution in [1.29, 1.82) is 0 Å². The number of thioether (sulfide) groups is 1. The first-order valence-corrected chi connectivity index (χ1v) is 8.12. The minimum Gasteiger partial charge on any atom is -0.344 e. The Morgan fingerprint density at radius 3 is 2.94 bits per heavy atom. The van der Waals surface area contributed by atoms with E-state index in [0.717, 1.165) is 25.3 Å². The molecule has 0 aromatic rings. The monoisotopic (exact) mass is 273 g/mol. The van der Waals surface area contributed by atoms with Crippen molar-refractivity contribution in [2.45, 2.75) is 25.3 Å². The number of amides is 1.